The summed E-state index contributed by atoms with van der Waals surface area (Å²) in [4.78, 5) is 2.71. The minimum absolute atomic E-state index is 0. The van der Waals surface area contributed by atoms with E-state index in [9.17, 15) is 0 Å². The van der Waals surface area contributed by atoms with Gasteiger partial charge in [0.2, 0.25) is 0 Å². The van der Waals surface area contributed by atoms with E-state index in [1.165, 1.54) is 57.1 Å². The van der Waals surface area contributed by atoms with Crippen molar-refractivity contribution >= 4 is 57.1 Å². The van der Waals surface area contributed by atoms with E-state index < -0.39 is 0 Å². The van der Waals surface area contributed by atoms with Crippen LogP contribution in [0.5, 0.6) is 0 Å². The van der Waals surface area contributed by atoms with Crippen LogP contribution in [0.2, 0.25) is 0 Å². The van der Waals surface area contributed by atoms with E-state index in [0.717, 1.165) is 26.2 Å². The third kappa shape index (κ3) is 3.92. The summed E-state index contributed by atoms with van der Waals surface area (Å²) in [5.41, 5.74) is 1.52. The molecule has 1 N–H and O–H groups in total. The number of piperazine rings is 1. The van der Waals surface area contributed by atoms with E-state index in [0.29, 0.717) is 6.04 Å². The normalized spacial score (nSPS) is 16.0. The fraction of sp³-hybridized carbons (Fsp3) is 0.360. The molecule has 29 heavy (non-hydrogen) atoms. The van der Waals surface area contributed by atoms with Gasteiger partial charge in [-0.1, -0.05) is 74.4 Å². The third-order valence-corrected chi connectivity index (χ3v) is 6.34. The van der Waals surface area contributed by atoms with Crippen LogP contribution in [-0.4, -0.2) is 31.1 Å². The van der Waals surface area contributed by atoms with Crippen molar-refractivity contribution in [3.8, 4) is 0 Å². The molecule has 4 aromatic carbocycles. The summed E-state index contributed by atoms with van der Waals surface area (Å²) in [7, 11) is 0. The van der Waals surface area contributed by atoms with Crippen molar-refractivity contribution in [2.75, 3.05) is 26.2 Å². The third-order valence-electron chi connectivity index (χ3n) is 6.34. The lowest BCUT2D eigenvalue weighted by molar-refractivity contribution is 0.164. The van der Waals surface area contributed by atoms with Crippen molar-refractivity contribution in [3.05, 3.63) is 60.2 Å². The number of hydrogen-bond acceptors (Lipinski definition) is 2. The van der Waals surface area contributed by atoms with Crippen molar-refractivity contribution in [1.82, 2.24) is 10.2 Å². The number of hydrogen-bond donors (Lipinski definition) is 1. The van der Waals surface area contributed by atoms with Crippen molar-refractivity contribution in [3.63, 3.8) is 0 Å². The van der Waals surface area contributed by atoms with Gasteiger partial charge in [-0.25, -0.2) is 0 Å². The predicted molar refractivity (Wildman–Crippen MR) is 131 cm³/mol. The first-order chi connectivity index (χ1) is 13.4. The fourth-order valence-corrected chi connectivity index (χ4v) is 4.97. The average molecular weight is 429 g/mol. The lowest BCUT2D eigenvalue weighted by atomic mass is 9.88. The average Bonchev–Trinajstić information content (AvgIpc) is 2.74. The first kappa shape index (κ1) is 22.1. The summed E-state index contributed by atoms with van der Waals surface area (Å²) in [5, 5.41) is 11.9. The molecule has 0 spiro atoms. The zero-order valence-corrected chi connectivity index (χ0v) is 18.6. The van der Waals surface area contributed by atoms with Gasteiger partial charge in [0.25, 0.3) is 0 Å². The van der Waals surface area contributed by atoms with Crippen molar-refractivity contribution in [2.24, 2.45) is 0 Å². The predicted octanol–water partition coefficient (Wildman–Crippen LogP) is 6.56. The molecule has 2 nitrogen and oxygen atoms in total. The molecule has 1 atom stereocenters. The molecule has 4 heteroatoms. The van der Waals surface area contributed by atoms with E-state index >= 15 is 0 Å². The van der Waals surface area contributed by atoms with Gasteiger partial charge in [0.15, 0.2) is 0 Å². The summed E-state index contributed by atoms with van der Waals surface area (Å²) in [5.74, 6) is 0. The minimum Gasteiger partial charge on any atom is -0.314 e. The van der Waals surface area contributed by atoms with Gasteiger partial charge >= 0.3 is 0 Å². The van der Waals surface area contributed by atoms with E-state index in [-0.39, 0.29) is 24.8 Å². The Bertz CT molecular complexity index is 1060. The van der Waals surface area contributed by atoms with Crippen LogP contribution in [0.3, 0.4) is 0 Å². The zero-order valence-electron chi connectivity index (χ0n) is 17.0. The molecule has 0 aliphatic carbocycles. The lowest BCUT2D eigenvalue weighted by Gasteiger charge is -2.36. The Hall–Kier alpha value is -1.58. The number of nitrogens with one attached hydrogen (secondary N) is 1. The second-order valence-corrected chi connectivity index (χ2v) is 7.95. The lowest BCUT2D eigenvalue weighted by Crippen LogP contribution is -2.45. The molecule has 5 rings (SSSR count). The number of halogens is 2. The maximum atomic E-state index is 3.51. The second-order valence-electron chi connectivity index (χ2n) is 7.95. The highest BCUT2D eigenvalue weighted by Gasteiger charge is 2.24. The molecule has 0 unspecified atom stereocenters. The van der Waals surface area contributed by atoms with Gasteiger partial charge in [0.1, 0.15) is 0 Å². The first-order valence-electron chi connectivity index (χ1n) is 10.5. The molecule has 154 valence electrons. The Labute approximate surface area is 185 Å². The molecule has 1 saturated heterocycles. The van der Waals surface area contributed by atoms with Crippen LogP contribution in [0.15, 0.2) is 54.6 Å². The van der Waals surface area contributed by atoms with Crippen molar-refractivity contribution in [2.45, 2.75) is 32.2 Å². The monoisotopic (exact) mass is 428 g/mol. The quantitative estimate of drug-likeness (QED) is 0.361. The molecule has 0 radical (unpaired) electrons. The van der Waals surface area contributed by atoms with Crippen LogP contribution in [-0.2, 0) is 0 Å². The van der Waals surface area contributed by atoms with Gasteiger partial charge in [0.05, 0.1) is 0 Å². The molecule has 4 aromatic rings. The van der Waals surface area contributed by atoms with Crippen molar-refractivity contribution < 1.29 is 0 Å². The standard InChI is InChI=1S/C25H28N2.2ClH/c1-2-3-7-23(27-16-14-26-15-17-27)21-12-10-20-9-8-18-5-4-6-19-11-13-22(21)25(20)24(18)19;;/h4-6,8-13,23,26H,2-3,7,14-17H2,1H3;2*1H/t23-;;/m0../s1. The molecule has 1 aliphatic heterocycles. The molecule has 1 aliphatic rings. The summed E-state index contributed by atoms with van der Waals surface area (Å²) in [6.45, 7) is 6.81. The Balaban J connectivity index is 0.00000120. The smallest absolute Gasteiger partial charge is 0.0355 e. The molecule has 0 bridgehead atoms. The Morgan fingerprint density at radius 3 is 2.14 bits per heavy atom. The van der Waals surface area contributed by atoms with Gasteiger partial charge in [-0.2, -0.15) is 0 Å². The maximum Gasteiger partial charge on any atom is 0.0355 e. The molecule has 0 amide bonds. The molecule has 1 fully saturated rings. The van der Waals surface area contributed by atoms with Gasteiger partial charge in [0, 0.05) is 32.2 Å². The van der Waals surface area contributed by atoms with Crippen LogP contribution in [0.25, 0.3) is 32.3 Å². The highest BCUT2D eigenvalue weighted by molar-refractivity contribution is 6.23. The summed E-state index contributed by atoms with van der Waals surface area (Å²) in [6, 6.07) is 21.2. The van der Waals surface area contributed by atoms with Gasteiger partial charge in [-0.15, -0.1) is 24.8 Å². The Morgan fingerprint density at radius 1 is 0.828 bits per heavy atom. The highest BCUT2D eigenvalue weighted by atomic mass is 35.5. The van der Waals surface area contributed by atoms with E-state index in [4.69, 9.17) is 0 Å². The Morgan fingerprint density at radius 2 is 1.45 bits per heavy atom. The minimum atomic E-state index is 0. The van der Waals surface area contributed by atoms with Crippen LogP contribution < -0.4 is 5.32 Å². The van der Waals surface area contributed by atoms with Crippen molar-refractivity contribution in [1.29, 1.82) is 0 Å². The summed E-state index contributed by atoms with van der Waals surface area (Å²) in [6.07, 6.45) is 3.80. The zero-order chi connectivity index (χ0) is 18.2. The number of rotatable bonds is 5. The van der Waals surface area contributed by atoms with E-state index in [1.807, 2.05) is 0 Å². The van der Waals surface area contributed by atoms with Crippen LogP contribution in [0.4, 0.5) is 0 Å². The van der Waals surface area contributed by atoms with Gasteiger partial charge < -0.3 is 5.32 Å². The molecule has 0 aromatic heterocycles. The Kier molecular flexibility index (Phi) is 7.23. The SMILES string of the molecule is CCCC[C@@H](c1ccc2ccc3cccc4ccc1c2c34)N1CCNCC1.Cl.Cl. The first-order valence-corrected chi connectivity index (χ1v) is 10.5. The van der Waals surface area contributed by atoms with E-state index in [1.54, 1.807) is 0 Å². The largest absolute Gasteiger partial charge is 0.314 e. The molecule has 1 heterocycles. The molecular weight excluding hydrogens is 399 g/mol. The van der Waals surface area contributed by atoms with E-state index in [2.05, 4.69) is 71.7 Å². The summed E-state index contributed by atoms with van der Waals surface area (Å²) < 4.78 is 0. The number of nitrogens with zero attached hydrogens (tertiary/aromatic N) is 1. The van der Waals surface area contributed by atoms with Crippen LogP contribution in [0, 0.1) is 0 Å². The van der Waals surface area contributed by atoms with Crippen LogP contribution in [0.1, 0.15) is 37.8 Å². The second kappa shape index (κ2) is 9.49. The topological polar surface area (TPSA) is 15.3 Å². The fourth-order valence-electron chi connectivity index (χ4n) is 4.97. The number of unbranched alkanes of at least 4 members (excludes halogenated alkanes) is 1. The molecule has 0 saturated carbocycles. The summed E-state index contributed by atoms with van der Waals surface area (Å²) >= 11 is 0. The maximum absolute atomic E-state index is 3.51. The van der Waals surface area contributed by atoms with Crippen LogP contribution >= 0.6 is 24.8 Å². The van der Waals surface area contributed by atoms with Gasteiger partial charge in [-0.3, -0.25) is 4.90 Å². The highest BCUT2D eigenvalue weighted by Crippen LogP contribution is 2.39. The number of benzene rings is 4. The molecular formula is C25H30Cl2N2. The van der Waals surface area contributed by atoms with Gasteiger partial charge in [-0.05, 0) is 44.3 Å².